The molecule has 1 aromatic rings. The Morgan fingerprint density at radius 3 is 2.30 bits per heavy atom. The first-order valence-corrected chi connectivity index (χ1v) is 8.49. The van der Waals surface area contributed by atoms with Crippen LogP contribution in [0.15, 0.2) is 36.4 Å². The fraction of sp³-hybridized carbons (Fsp3) is 0.579. The zero-order valence-electron chi connectivity index (χ0n) is 14.1. The molecular formula is C19H30Cl2N2. The second-order valence-corrected chi connectivity index (χ2v) is 6.72. The Kier molecular flexibility index (Phi) is 9.23. The summed E-state index contributed by atoms with van der Waals surface area (Å²) in [5.74, 6) is 0.946. The molecule has 1 heterocycles. The van der Waals surface area contributed by atoms with Gasteiger partial charge in [0, 0.05) is 38.8 Å². The molecule has 0 amide bonds. The third-order valence-corrected chi connectivity index (χ3v) is 5.06. The van der Waals surface area contributed by atoms with Crippen LogP contribution in [0, 0.1) is 5.92 Å². The van der Waals surface area contributed by atoms with Gasteiger partial charge in [0.2, 0.25) is 0 Å². The van der Waals surface area contributed by atoms with Gasteiger partial charge >= 0.3 is 0 Å². The Morgan fingerprint density at radius 2 is 1.70 bits per heavy atom. The summed E-state index contributed by atoms with van der Waals surface area (Å²) in [6.45, 7) is 8.47. The van der Waals surface area contributed by atoms with Crippen molar-refractivity contribution in [3.05, 3.63) is 42.0 Å². The van der Waals surface area contributed by atoms with Crippen LogP contribution < -0.4 is 0 Å². The number of nitrogens with zero attached hydrogens (tertiary/aromatic N) is 2. The van der Waals surface area contributed by atoms with E-state index in [0.717, 1.165) is 18.5 Å². The fourth-order valence-electron chi connectivity index (χ4n) is 3.72. The molecule has 2 aliphatic rings. The van der Waals surface area contributed by atoms with Crippen molar-refractivity contribution in [2.45, 2.75) is 32.2 Å². The van der Waals surface area contributed by atoms with Crippen molar-refractivity contribution in [2.24, 2.45) is 5.92 Å². The van der Waals surface area contributed by atoms with E-state index in [9.17, 15) is 0 Å². The number of rotatable bonds is 4. The molecule has 23 heavy (non-hydrogen) atoms. The predicted molar refractivity (Wildman–Crippen MR) is 105 cm³/mol. The van der Waals surface area contributed by atoms with Crippen molar-refractivity contribution in [3.8, 4) is 0 Å². The number of hydrogen-bond acceptors (Lipinski definition) is 2. The highest BCUT2D eigenvalue weighted by Gasteiger charge is 2.28. The van der Waals surface area contributed by atoms with Crippen LogP contribution in [0.3, 0.4) is 0 Å². The normalized spacial score (nSPS) is 26.0. The minimum absolute atomic E-state index is 0. The average molecular weight is 357 g/mol. The Hall–Kier alpha value is -0.540. The zero-order chi connectivity index (χ0) is 14.5. The van der Waals surface area contributed by atoms with Crippen LogP contribution in [0.1, 0.15) is 31.7 Å². The first kappa shape index (κ1) is 20.5. The summed E-state index contributed by atoms with van der Waals surface area (Å²) < 4.78 is 0. The van der Waals surface area contributed by atoms with Gasteiger partial charge in [0.05, 0.1) is 0 Å². The van der Waals surface area contributed by atoms with Crippen molar-refractivity contribution in [2.75, 3.05) is 32.7 Å². The molecule has 0 N–H and O–H groups in total. The third kappa shape index (κ3) is 6.11. The standard InChI is InChI=1S/C19H28N2.2ClH/c1-17-9-10-19(16-17)21-14-12-20(13-15-21)11-5-8-18-6-3-2-4-7-18;;/h2-8,17,19H,9-16H2,1H3;2*1H/b8-5+;;. The lowest BCUT2D eigenvalue weighted by Crippen LogP contribution is -2.49. The van der Waals surface area contributed by atoms with E-state index in [2.05, 4.69) is 59.2 Å². The topological polar surface area (TPSA) is 6.48 Å². The number of piperazine rings is 1. The SMILES string of the molecule is CC1CCC(N2CCN(C/C=C/c3ccccc3)CC2)C1.Cl.Cl. The maximum Gasteiger partial charge on any atom is 0.0167 e. The molecule has 0 aromatic heterocycles. The van der Waals surface area contributed by atoms with Gasteiger partial charge in [-0.1, -0.05) is 49.4 Å². The molecule has 130 valence electrons. The van der Waals surface area contributed by atoms with E-state index < -0.39 is 0 Å². The minimum Gasteiger partial charge on any atom is -0.298 e. The highest BCUT2D eigenvalue weighted by Crippen LogP contribution is 2.29. The Morgan fingerprint density at radius 1 is 1.00 bits per heavy atom. The molecule has 1 aliphatic carbocycles. The molecule has 4 heteroatoms. The van der Waals surface area contributed by atoms with Gasteiger partial charge in [0.25, 0.3) is 0 Å². The van der Waals surface area contributed by atoms with E-state index in [1.54, 1.807) is 0 Å². The molecule has 2 fully saturated rings. The second-order valence-electron chi connectivity index (χ2n) is 6.72. The molecular weight excluding hydrogens is 327 g/mol. The molecule has 0 radical (unpaired) electrons. The van der Waals surface area contributed by atoms with Crippen LogP contribution >= 0.6 is 24.8 Å². The van der Waals surface area contributed by atoms with Gasteiger partial charge in [-0.15, -0.1) is 24.8 Å². The van der Waals surface area contributed by atoms with Gasteiger partial charge in [-0.25, -0.2) is 0 Å². The van der Waals surface area contributed by atoms with Crippen molar-refractivity contribution in [1.29, 1.82) is 0 Å². The van der Waals surface area contributed by atoms with Crippen molar-refractivity contribution in [3.63, 3.8) is 0 Å². The molecule has 1 saturated carbocycles. The van der Waals surface area contributed by atoms with E-state index in [4.69, 9.17) is 0 Å². The van der Waals surface area contributed by atoms with Crippen molar-refractivity contribution < 1.29 is 0 Å². The van der Waals surface area contributed by atoms with E-state index in [0.29, 0.717) is 0 Å². The van der Waals surface area contributed by atoms with Gasteiger partial charge in [-0.3, -0.25) is 9.80 Å². The van der Waals surface area contributed by atoms with E-state index >= 15 is 0 Å². The Balaban J connectivity index is 0.00000132. The number of benzene rings is 1. The van der Waals surface area contributed by atoms with Gasteiger partial charge in [0.1, 0.15) is 0 Å². The lowest BCUT2D eigenvalue weighted by atomic mass is 10.1. The van der Waals surface area contributed by atoms with Crippen LogP contribution in [0.25, 0.3) is 6.08 Å². The highest BCUT2D eigenvalue weighted by molar-refractivity contribution is 5.85. The van der Waals surface area contributed by atoms with Crippen molar-refractivity contribution in [1.82, 2.24) is 9.80 Å². The molecule has 1 aliphatic heterocycles. The summed E-state index contributed by atoms with van der Waals surface area (Å²) in [7, 11) is 0. The molecule has 2 nitrogen and oxygen atoms in total. The molecule has 3 rings (SSSR count). The first-order chi connectivity index (χ1) is 10.3. The molecule has 0 bridgehead atoms. The van der Waals surface area contributed by atoms with E-state index in [1.807, 2.05) is 0 Å². The smallest absolute Gasteiger partial charge is 0.0167 e. The zero-order valence-corrected chi connectivity index (χ0v) is 15.7. The van der Waals surface area contributed by atoms with Gasteiger partial charge in [0.15, 0.2) is 0 Å². The Labute approximate surface area is 153 Å². The summed E-state index contributed by atoms with van der Waals surface area (Å²) in [6, 6.07) is 11.5. The van der Waals surface area contributed by atoms with Crippen LogP contribution in [0.4, 0.5) is 0 Å². The van der Waals surface area contributed by atoms with Crippen LogP contribution in [-0.4, -0.2) is 48.6 Å². The van der Waals surface area contributed by atoms with E-state index in [1.165, 1.54) is 51.0 Å². The average Bonchev–Trinajstić information content (AvgIpc) is 2.96. The van der Waals surface area contributed by atoms with Gasteiger partial charge in [-0.2, -0.15) is 0 Å². The molecule has 1 saturated heterocycles. The third-order valence-electron chi connectivity index (χ3n) is 5.06. The number of hydrogen-bond donors (Lipinski definition) is 0. The molecule has 1 aromatic carbocycles. The monoisotopic (exact) mass is 356 g/mol. The fourth-order valence-corrected chi connectivity index (χ4v) is 3.72. The van der Waals surface area contributed by atoms with E-state index in [-0.39, 0.29) is 24.8 Å². The summed E-state index contributed by atoms with van der Waals surface area (Å²) in [4.78, 5) is 5.31. The quantitative estimate of drug-likeness (QED) is 0.791. The summed E-state index contributed by atoms with van der Waals surface area (Å²) in [5, 5.41) is 0. The predicted octanol–water partition coefficient (Wildman–Crippen LogP) is 4.35. The lowest BCUT2D eigenvalue weighted by Gasteiger charge is -2.37. The first-order valence-electron chi connectivity index (χ1n) is 8.49. The molecule has 0 spiro atoms. The summed E-state index contributed by atoms with van der Waals surface area (Å²) >= 11 is 0. The van der Waals surface area contributed by atoms with Crippen molar-refractivity contribution >= 4 is 30.9 Å². The summed E-state index contributed by atoms with van der Waals surface area (Å²) in [6.07, 6.45) is 8.83. The molecule has 2 atom stereocenters. The maximum absolute atomic E-state index is 2.74. The lowest BCUT2D eigenvalue weighted by molar-refractivity contribution is 0.104. The second kappa shape index (κ2) is 10.4. The minimum atomic E-state index is 0. The number of halogens is 2. The largest absolute Gasteiger partial charge is 0.298 e. The van der Waals surface area contributed by atoms with Crippen LogP contribution in [0.5, 0.6) is 0 Å². The maximum atomic E-state index is 2.74. The van der Waals surface area contributed by atoms with Crippen LogP contribution in [-0.2, 0) is 0 Å². The highest BCUT2D eigenvalue weighted by atomic mass is 35.5. The molecule has 2 unspecified atom stereocenters. The van der Waals surface area contributed by atoms with Gasteiger partial charge < -0.3 is 0 Å². The Bertz CT molecular complexity index is 456. The van der Waals surface area contributed by atoms with Crippen LogP contribution in [0.2, 0.25) is 0 Å². The summed E-state index contributed by atoms with van der Waals surface area (Å²) in [5.41, 5.74) is 1.30. The van der Waals surface area contributed by atoms with Gasteiger partial charge in [-0.05, 0) is 30.7 Å².